The fourth-order valence-corrected chi connectivity index (χ4v) is 1.96. The second-order valence-corrected chi connectivity index (χ2v) is 4.16. The number of halogens is 3. The van der Waals surface area contributed by atoms with Gasteiger partial charge in [0.25, 0.3) is 0 Å². The van der Waals surface area contributed by atoms with Crippen molar-refractivity contribution in [3.8, 4) is 11.3 Å². The monoisotopic (exact) mass is 257 g/mol. The maximum atomic E-state index is 12.5. The van der Waals surface area contributed by atoms with Gasteiger partial charge in [-0.25, -0.2) is 4.98 Å². The minimum Gasteiger partial charge on any atom is -0.295 e. The van der Waals surface area contributed by atoms with E-state index in [1.807, 2.05) is 0 Å². The maximum absolute atomic E-state index is 12.5. The highest BCUT2D eigenvalue weighted by Crippen LogP contribution is 2.32. The molecule has 2 aromatic rings. The lowest BCUT2D eigenvalue weighted by Gasteiger charge is -2.07. The van der Waals surface area contributed by atoms with E-state index in [1.165, 1.54) is 12.1 Å². The standard InChI is InChI=1S/C11H6F3NOS/c12-11(13,14)8-3-1-2-7(4-8)9-6-17-10(5-16)15-9/h1-6H. The number of nitrogens with zero attached hydrogens (tertiary/aromatic N) is 1. The maximum Gasteiger partial charge on any atom is 0.416 e. The van der Waals surface area contributed by atoms with Crippen molar-refractivity contribution < 1.29 is 18.0 Å². The van der Waals surface area contributed by atoms with Crippen molar-refractivity contribution in [2.24, 2.45) is 0 Å². The molecule has 0 N–H and O–H groups in total. The molecule has 0 radical (unpaired) electrons. The Balaban J connectivity index is 2.42. The van der Waals surface area contributed by atoms with Crippen LogP contribution in [0.3, 0.4) is 0 Å². The molecule has 0 amide bonds. The van der Waals surface area contributed by atoms with Gasteiger partial charge in [0, 0.05) is 10.9 Å². The van der Waals surface area contributed by atoms with Crippen LogP contribution in [0, 0.1) is 0 Å². The van der Waals surface area contributed by atoms with Crippen molar-refractivity contribution in [1.29, 1.82) is 0 Å². The number of alkyl halides is 3. The fraction of sp³-hybridized carbons (Fsp3) is 0.0909. The third-order valence-corrected chi connectivity index (χ3v) is 2.88. The third kappa shape index (κ3) is 2.52. The molecule has 0 spiro atoms. The zero-order valence-electron chi connectivity index (χ0n) is 8.36. The Kier molecular flexibility index (Phi) is 2.97. The van der Waals surface area contributed by atoms with E-state index in [-0.39, 0.29) is 5.01 Å². The summed E-state index contributed by atoms with van der Waals surface area (Å²) < 4.78 is 37.4. The van der Waals surface area contributed by atoms with Gasteiger partial charge in [0.15, 0.2) is 11.3 Å². The number of aromatic nitrogens is 1. The summed E-state index contributed by atoms with van der Waals surface area (Å²) in [6, 6.07) is 4.86. The third-order valence-electron chi connectivity index (χ3n) is 2.11. The Bertz CT molecular complexity index is 548. The number of rotatable bonds is 2. The predicted octanol–water partition coefficient (Wildman–Crippen LogP) is 3.64. The van der Waals surface area contributed by atoms with Crippen LogP contribution in [0.2, 0.25) is 0 Å². The van der Waals surface area contributed by atoms with E-state index in [4.69, 9.17) is 0 Å². The first kappa shape index (κ1) is 11.8. The molecule has 0 bridgehead atoms. The number of hydrogen-bond donors (Lipinski definition) is 0. The molecule has 2 nitrogen and oxygen atoms in total. The van der Waals surface area contributed by atoms with Crippen molar-refractivity contribution in [3.63, 3.8) is 0 Å². The summed E-state index contributed by atoms with van der Waals surface area (Å²) in [6.07, 6.45) is -3.80. The highest BCUT2D eigenvalue weighted by molar-refractivity contribution is 7.11. The van der Waals surface area contributed by atoms with Crippen LogP contribution in [0.5, 0.6) is 0 Å². The summed E-state index contributed by atoms with van der Waals surface area (Å²) in [5, 5.41) is 1.80. The Morgan fingerprint density at radius 1 is 1.29 bits per heavy atom. The Morgan fingerprint density at radius 2 is 2.06 bits per heavy atom. The van der Waals surface area contributed by atoms with E-state index in [9.17, 15) is 18.0 Å². The van der Waals surface area contributed by atoms with Crippen LogP contribution in [-0.4, -0.2) is 11.3 Å². The summed E-state index contributed by atoms with van der Waals surface area (Å²) in [7, 11) is 0. The average molecular weight is 257 g/mol. The quantitative estimate of drug-likeness (QED) is 0.769. The van der Waals surface area contributed by atoms with Crippen LogP contribution in [0.4, 0.5) is 13.2 Å². The second-order valence-electron chi connectivity index (χ2n) is 3.27. The summed E-state index contributed by atoms with van der Waals surface area (Å²) in [5.41, 5.74) is 0.00280. The molecule has 1 aromatic heterocycles. The van der Waals surface area contributed by atoms with Gasteiger partial charge in [0.2, 0.25) is 0 Å². The molecule has 0 saturated heterocycles. The number of carbonyl (C=O) groups excluding carboxylic acids is 1. The molecule has 1 aromatic carbocycles. The van der Waals surface area contributed by atoms with Crippen LogP contribution in [-0.2, 0) is 6.18 Å². The SMILES string of the molecule is O=Cc1nc(-c2cccc(C(F)(F)F)c2)cs1. The molecule has 0 fully saturated rings. The number of carbonyl (C=O) groups is 1. The zero-order valence-corrected chi connectivity index (χ0v) is 9.18. The van der Waals surface area contributed by atoms with Crippen molar-refractivity contribution in [2.75, 3.05) is 0 Å². The van der Waals surface area contributed by atoms with Crippen LogP contribution in [0.25, 0.3) is 11.3 Å². The fourth-order valence-electron chi connectivity index (χ4n) is 1.33. The normalized spacial score (nSPS) is 11.5. The van der Waals surface area contributed by atoms with Gasteiger partial charge in [0.1, 0.15) is 0 Å². The first-order chi connectivity index (χ1) is 8.00. The topological polar surface area (TPSA) is 30.0 Å². The minimum absolute atomic E-state index is 0.248. The number of hydrogen-bond acceptors (Lipinski definition) is 3. The smallest absolute Gasteiger partial charge is 0.295 e. The van der Waals surface area contributed by atoms with E-state index in [1.54, 1.807) is 5.38 Å². The van der Waals surface area contributed by atoms with E-state index < -0.39 is 11.7 Å². The van der Waals surface area contributed by atoms with E-state index in [0.717, 1.165) is 23.5 Å². The molecule has 1 heterocycles. The zero-order chi connectivity index (χ0) is 12.5. The molecule has 0 atom stereocenters. The molecule has 0 aliphatic rings. The predicted molar refractivity (Wildman–Crippen MR) is 57.9 cm³/mol. The summed E-state index contributed by atoms with van der Waals surface area (Å²) in [4.78, 5) is 14.4. The highest BCUT2D eigenvalue weighted by atomic mass is 32.1. The lowest BCUT2D eigenvalue weighted by atomic mass is 10.1. The first-order valence-corrected chi connectivity index (χ1v) is 5.47. The molecule has 88 valence electrons. The van der Waals surface area contributed by atoms with E-state index in [2.05, 4.69) is 4.98 Å². The molecule has 2 rings (SSSR count). The summed E-state index contributed by atoms with van der Waals surface area (Å²) in [5.74, 6) is 0. The van der Waals surface area contributed by atoms with Gasteiger partial charge in [-0.15, -0.1) is 11.3 Å². The summed E-state index contributed by atoms with van der Waals surface area (Å²) in [6.45, 7) is 0. The van der Waals surface area contributed by atoms with Gasteiger partial charge in [-0.1, -0.05) is 12.1 Å². The molecule has 17 heavy (non-hydrogen) atoms. The van der Waals surface area contributed by atoms with Gasteiger partial charge >= 0.3 is 6.18 Å². The van der Waals surface area contributed by atoms with Gasteiger partial charge in [0.05, 0.1) is 11.3 Å². The molecule has 0 aliphatic carbocycles. The van der Waals surface area contributed by atoms with Gasteiger partial charge < -0.3 is 0 Å². The Morgan fingerprint density at radius 3 is 2.65 bits per heavy atom. The van der Waals surface area contributed by atoms with Gasteiger partial charge in [-0.3, -0.25) is 4.79 Å². The van der Waals surface area contributed by atoms with Crippen LogP contribution in [0.1, 0.15) is 15.4 Å². The van der Waals surface area contributed by atoms with E-state index in [0.29, 0.717) is 17.5 Å². The first-order valence-electron chi connectivity index (χ1n) is 4.59. The largest absolute Gasteiger partial charge is 0.416 e. The number of benzene rings is 1. The molecule has 6 heteroatoms. The van der Waals surface area contributed by atoms with Crippen molar-refractivity contribution in [1.82, 2.24) is 4.98 Å². The van der Waals surface area contributed by atoms with Crippen molar-refractivity contribution in [2.45, 2.75) is 6.18 Å². The Labute approximate surface area is 98.7 Å². The molecule has 0 aliphatic heterocycles. The van der Waals surface area contributed by atoms with Crippen LogP contribution >= 0.6 is 11.3 Å². The summed E-state index contributed by atoms with van der Waals surface area (Å²) >= 11 is 1.10. The van der Waals surface area contributed by atoms with Crippen LogP contribution < -0.4 is 0 Å². The molecular formula is C11H6F3NOS. The van der Waals surface area contributed by atoms with Crippen molar-refractivity contribution >= 4 is 17.6 Å². The lowest BCUT2D eigenvalue weighted by molar-refractivity contribution is -0.137. The molecule has 0 saturated carbocycles. The van der Waals surface area contributed by atoms with Crippen molar-refractivity contribution in [3.05, 3.63) is 40.2 Å². The highest BCUT2D eigenvalue weighted by Gasteiger charge is 2.30. The minimum atomic E-state index is -4.38. The average Bonchev–Trinajstić information content (AvgIpc) is 2.76. The lowest BCUT2D eigenvalue weighted by Crippen LogP contribution is -2.04. The number of aldehydes is 1. The van der Waals surface area contributed by atoms with E-state index >= 15 is 0 Å². The molecule has 0 unspecified atom stereocenters. The van der Waals surface area contributed by atoms with Gasteiger partial charge in [-0.2, -0.15) is 13.2 Å². The van der Waals surface area contributed by atoms with Crippen LogP contribution in [0.15, 0.2) is 29.6 Å². The van der Waals surface area contributed by atoms with Gasteiger partial charge in [-0.05, 0) is 12.1 Å². The second kappa shape index (κ2) is 4.29. The number of thiazole rings is 1. The molecular weight excluding hydrogens is 251 g/mol. The Hall–Kier alpha value is -1.69.